The first-order valence-corrected chi connectivity index (χ1v) is 9.07. The number of hydrogen-bond donors (Lipinski definition) is 0. The van der Waals surface area contributed by atoms with Gasteiger partial charge in [-0.25, -0.2) is 0 Å². The number of benzene rings is 2. The molecule has 4 nitrogen and oxygen atoms in total. The zero-order chi connectivity index (χ0) is 18.8. The van der Waals surface area contributed by atoms with E-state index in [0.29, 0.717) is 0 Å². The second-order valence-corrected chi connectivity index (χ2v) is 6.43. The Kier molecular flexibility index (Phi) is 5.43. The van der Waals surface area contributed by atoms with Gasteiger partial charge in [0.05, 0.1) is 22.1 Å². The predicted molar refractivity (Wildman–Crippen MR) is 114 cm³/mol. The molecule has 1 radical (unpaired) electrons. The summed E-state index contributed by atoms with van der Waals surface area (Å²) in [6.45, 7) is 0. The molecule has 0 N–H and O–H groups in total. The van der Waals surface area contributed by atoms with E-state index in [1.807, 2.05) is 24.3 Å². The summed E-state index contributed by atoms with van der Waals surface area (Å²) in [6, 6.07) is 24.3. The fourth-order valence-corrected chi connectivity index (χ4v) is 3.36. The first-order valence-electron chi connectivity index (χ1n) is 9.07. The standard InChI is InChI=1S/2C12H8N2.Cu/c2*1-3-9-5-6-10-4-2-8-14-12(10)11(9)13-7-1;/h2*1-8H;/q;;+2. The minimum absolute atomic E-state index is 0. The maximum absolute atomic E-state index is 4.35. The number of fused-ring (bicyclic) bond motifs is 6. The Morgan fingerprint density at radius 1 is 0.345 bits per heavy atom. The summed E-state index contributed by atoms with van der Waals surface area (Å²) in [5.41, 5.74) is 3.91. The van der Waals surface area contributed by atoms with Crippen LogP contribution in [0, 0.1) is 0 Å². The van der Waals surface area contributed by atoms with Gasteiger partial charge in [-0.15, -0.1) is 0 Å². The van der Waals surface area contributed by atoms with Gasteiger partial charge in [0.25, 0.3) is 0 Å². The van der Waals surface area contributed by atoms with Gasteiger partial charge in [0, 0.05) is 46.3 Å². The van der Waals surface area contributed by atoms with Gasteiger partial charge in [0.1, 0.15) is 0 Å². The Balaban J connectivity index is 0.000000137. The van der Waals surface area contributed by atoms with Gasteiger partial charge < -0.3 is 0 Å². The van der Waals surface area contributed by atoms with Crippen molar-refractivity contribution in [2.75, 3.05) is 0 Å². The normalized spacial score (nSPS) is 10.5. The minimum atomic E-state index is 0. The van der Waals surface area contributed by atoms with Crippen LogP contribution in [0.3, 0.4) is 0 Å². The summed E-state index contributed by atoms with van der Waals surface area (Å²) >= 11 is 0. The van der Waals surface area contributed by atoms with Crippen molar-refractivity contribution < 1.29 is 17.1 Å². The number of nitrogens with zero attached hydrogens (tertiary/aromatic N) is 4. The van der Waals surface area contributed by atoms with Crippen molar-refractivity contribution in [1.29, 1.82) is 0 Å². The van der Waals surface area contributed by atoms with Crippen molar-refractivity contribution in [3.05, 3.63) is 97.6 Å². The van der Waals surface area contributed by atoms with Crippen molar-refractivity contribution in [3.63, 3.8) is 0 Å². The molecule has 6 rings (SSSR count). The molecule has 0 saturated carbocycles. The number of hydrogen-bond acceptors (Lipinski definition) is 4. The molecule has 4 heterocycles. The summed E-state index contributed by atoms with van der Waals surface area (Å²) in [5, 5.41) is 4.55. The maximum atomic E-state index is 4.35. The Hall–Kier alpha value is -3.40. The molecule has 29 heavy (non-hydrogen) atoms. The third-order valence-corrected chi connectivity index (χ3v) is 4.69. The van der Waals surface area contributed by atoms with Crippen molar-refractivity contribution in [2.45, 2.75) is 0 Å². The largest absolute Gasteiger partial charge is 2.00 e. The number of aromatic nitrogens is 4. The maximum Gasteiger partial charge on any atom is 2.00 e. The molecule has 141 valence electrons. The van der Waals surface area contributed by atoms with Crippen LogP contribution in [0.15, 0.2) is 97.6 Å². The second kappa shape index (κ2) is 8.31. The van der Waals surface area contributed by atoms with E-state index in [-0.39, 0.29) is 17.1 Å². The van der Waals surface area contributed by atoms with Gasteiger partial charge in [-0.1, -0.05) is 48.5 Å². The molecule has 0 amide bonds. The first kappa shape index (κ1) is 18.9. The van der Waals surface area contributed by atoms with Gasteiger partial charge in [0.15, 0.2) is 0 Å². The summed E-state index contributed by atoms with van der Waals surface area (Å²) < 4.78 is 0. The van der Waals surface area contributed by atoms with Crippen LogP contribution in [0.25, 0.3) is 43.6 Å². The van der Waals surface area contributed by atoms with Gasteiger partial charge in [0.2, 0.25) is 0 Å². The van der Waals surface area contributed by atoms with Gasteiger partial charge >= 0.3 is 17.1 Å². The molecule has 0 aliphatic carbocycles. The van der Waals surface area contributed by atoms with E-state index in [0.717, 1.165) is 43.6 Å². The SMILES string of the molecule is [Cu+2].c1cnc2c(c1)ccc1cccnc12.c1cnc2c(c1)ccc1cccnc12. The molecule has 5 heteroatoms. The molecule has 4 aromatic heterocycles. The first-order chi connectivity index (χ1) is 13.9. The van der Waals surface area contributed by atoms with Crippen molar-refractivity contribution in [2.24, 2.45) is 0 Å². The Morgan fingerprint density at radius 2 is 0.586 bits per heavy atom. The summed E-state index contributed by atoms with van der Waals surface area (Å²) in [6.07, 6.45) is 7.21. The van der Waals surface area contributed by atoms with Crippen LogP contribution >= 0.6 is 0 Å². The van der Waals surface area contributed by atoms with Gasteiger partial charge in [-0.2, -0.15) is 0 Å². The molecule has 0 fully saturated rings. The zero-order valence-corrected chi connectivity index (χ0v) is 16.3. The monoisotopic (exact) mass is 423 g/mol. The molecule has 0 unspecified atom stereocenters. The van der Waals surface area contributed by atoms with Crippen LogP contribution < -0.4 is 0 Å². The van der Waals surface area contributed by atoms with Crippen LogP contribution in [0.2, 0.25) is 0 Å². The predicted octanol–water partition coefficient (Wildman–Crippen LogP) is 5.56. The Bertz CT molecular complexity index is 1210. The van der Waals surface area contributed by atoms with Crippen LogP contribution in [-0.2, 0) is 17.1 Å². The topological polar surface area (TPSA) is 51.6 Å². The average Bonchev–Trinajstić information content (AvgIpc) is 2.79. The van der Waals surface area contributed by atoms with Crippen LogP contribution in [-0.4, -0.2) is 19.9 Å². The van der Waals surface area contributed by atoms with Crippen molar-refractivity contribution in [3.8, 4) is 0 Å². The molecule has 6 aromatic rings. The summed E-state index contributed by atoms with van der Waals surface area (Å²) in [4.78, 5) is 17.4. The molecule has 0 saturated heterocycles. The molecular weight excluding hydrogens is 408 g/mol. The smallest absolute Gasteiger partial charge is 0.254 e. The Morgan fingerprint density at radius 3 is 0.828 bits per heavy atom. The van der Waals surface area contributed by atoms with E-state index >= 15 is 0 Å². The van der Waals surface area contributed by atoms with Crippen LogP contribution in [0.4, 0.5) is 0 Å². The average molecular weight is 424 g/mol. The third-order valence-electron chi connectivity index (χ3n) is 4.69. The molecule has 0 atom stereocenters. The quantitative estimate of drug-likeness (QED) is 0.237. The van der Waals surface area contributed by atoms with Crippen molar-refractivity contribution in [1.82, 2.24) is 19.9 Å². The minimum Gasteiger partial charge on any atom is -0.254 e. The second-order valence-electron chi connectivity index (χ2n) is 6.43. The van der Waals surface area contributed by atoms with Crippen molar-refractivity contribution >= 4 is 43.6 Å². The van der Waals surface area contributed by atoms with E-state index < -0.39 is 0 Å². The summed E-state index contributed by atoms with van der Waals surface area (Å²) in [7, 11) is 0. The molecule has 2 aromatic carbocycles. The van der Waals surface area contributed by atoms with E-state index in [2.05, 4.69) is 68.5 Å². The molecule has 0 aliphatic heterocycles. The fraction of sp³-hybridized carbons (Fsp3) is 0. The van der Waals surface area contributed by atoms with Crippen LogP contribution in [0.5, 0.6) is 0 Å². The molecule has 0 spiro atoms. The Labute approximate surface area is 178 Å². The van der Waals surface area contributed by atoms with Crippen LogP contribution in [0.1, 0.15) is 0 Å². The third kappa shape index (κ3) is 3.66. The molecular formula is C24H16CuN4+2. The van der Waals surface area contributed by atoms with Gasteiger partial charge in [-0.3, -0.25) is 19.9 Å². The van der Waals surface area contributed by atoms with E-state index in [9.17, 15) is 0 Å². The number of pyridine rings is 4. The summed E-state index contributed by atoms with van der Waals surface area (Å²) in [5.74, 6) is 0. The van der Waals surface area contributed by atoms with Gasteiger partial charge in [-0.05, 0) is 24.3 Å². The van der Waals surface area contributed by atoms with E-state index in [1.165, 1.54) is 0 Å². The molecule has 0 bridgehead atoms. The number of rotatable bonds is 0. The van der Waals surface area contributed by atoms with E-state index in [1.54, 1.807) is 24.8 Å². The fourth-order valence-electron chi connectivity index (χ4n) is 3.36. The molecule has 0 aliphatic rings. The zero-order valence-electron chi connectivity index (χ0n) is 15.3. The van der Waals surface area contributed by atoms with E-state index in [4.69, 9.17) is 0 Å².